The Balaban J connectivity index is 3.44. The quantitative estimate of drug-likeness (QED) is 0.766. The third kappa shape index (κ3) is 1.96. The molecule has 0 aromatic carbocycles. The molecule has 0 atom stereocenters. The summed E-state index contributed by atoms with van der Waals surface area (Å²) in [4.78, 5) is 11.8. The molecule has 0 spiro atoms. The van der Waals surface area contributed by atoms with Crippen LogP contribution >= 0.6 is 27.3 Å². The van der Waals surface area contributed by atoms with E-state index in [1.807, 2.05) is 6.08 Å². The van der Waals surface area contributed by atoms with E-state index < -0.39 is 0 Å². The first-order valence-electron chi connectivity index (χ1n) is 3.80. The van der Waals surface area contributed by atoms with Crippen molar-refractivity contribution in [1.82, 2.24) is 0 Å². The molecular formula is C10H9BrO2S. The highest BCUT2D eigenvalue weighted by molar-refractivity contribution is 9.10. The largest absolute Gasteiger partial charge is 0.465 e. The Labute approximate surface area is 94.3 Å². The Bertz CT molecular complexity index is 473. The average molecular weight is 273 g/mol. The maximum Gasteiger partial charge on any atom is 0.349 e. The van der Waals surface area contributed by atoms with Gasteiger partial charge in [0.15, 0.2) is 0 Å². The standard InChI is InChI=1S/C10H9BrO2S/c1-4-5-7-6(2)8(11)9(14-7)10(12)13-3/h4-5H,1-2H2,3H3/b7-5+. The summed E-state index contributed by atoms with van der Waals surface area (Å²) in [5, 5.41) is 0.787. The van der Waals surface area contributed by atoms with E-state index in [0.717, 1.165) is 9.75 Å². The molecule has 1 aromatic rings. The molecule has 1 rings (SSSR count). The summed E-state index contributed by atoms with van der Waals surface area (Å²) in [7, 11) is 1.36. The second-order valence-corrected chi connectivity index (χ2v) is 4.33. The van der Waals surface area contributed by atoms with Crippen LogP contribution in [0.5, 0.6) is 0 Å². The van der Waals surface area contributed by atoms with Crippen molar-refractivity contribution in [2.24, 2.45) is 0 Å². The number of rotatable bonds is 2. The molecule has 0 amide bonds. The highest BCUT2D eigenvalue weighted by Gasteiger charge is 2.13. The fourth-order valence-electron chi connectivity index (χ4n) is 0.927. The number of carbonyl (C=O) groups excluding carboxylic acids is 1. The minimum Gasteiger partial charge on any atom is -0.465 e. The van der Waals surface area contributed by atoms with Crippen molar-refractivity contribution >= 4 is 45.9 Å². The van der Waals surface area contributed by atoms with E-state index in [0.29, 0.717) is 9.35 Å². The monoisotopic (exact) mass is 272 g/mol. The number of hydrogen-bond donors (Lipinski definition) is 0. The van der Waals surface area contributed by atoms with E-state index in [2.05, 4.69) is 33.8 Å². The van der Waals surface area contributed by atoms with Crippen LogP contribution in [0.15, 0.2) is 17.1 Å². The van der Waals surface area contributed by atoms with Gasteiger partial charge in [-0.2, -0.15) is 0 Å². The zero-order chi connectivity index (χ0) is 10.7. The molecule has 0 bridgehead atoms. The van der Waals surface area contributed by atoms with Crippen LogP contribution in [0.1, 0.15) is 9.67 Å². The number of carbonyl (C=O) groups is 1. The van der Waals surface area contributed by atoms with Crippen LogP contribution in [0.3, 0.4) is 0 Å². The highest BCUT2D eigenvalue weighted by Crippen LogP contribution is 2.15. The molecule has 0 aliphatic rings. The molecule has 0 fully saturated rings. The fraction of sp³-hybridized carbons (Fsp3) is 0.100. The van der Waals surface area contributed by atoms with Crippen LogP contribution in [0.25, 0.3) is 12.7 Å². The van der Waals surface area contributed by atoms with E-state index in [1.165, 1.54) is 18.4 Å². The van der Waals surface area contributed by atoms with Gasteiger partial charge in [-0.3, -0.25) is 0 Å². The van der Waals surface area contributed by atoms with Crippen molar-refractivity contribution in [3.05, 3.63) is 31.8 Å². The van der Waals surface area contributed by atoms with Crippen molar-refractivity contribution in [3.63, 3.8) is 0 Å². The Morgan fingerprint density at radius 2 is 2.29 bits per heavy atom. The highest BCUT2D eigenvalue weighted by atomic mass is 79.9. The Kier molecular flexibility index (Phi) is 3.66. The van der Waals surface area contributed by atoms with Crippen LogP contribution < -0.4 is 9.75 Å². The zero-order valence-electron chi connectivity index (χ0n) is 7.67. The van der Waals surface area contributed by atoms with Gasteiger partial charge in [0.25, 0.3) is 0 Å². The molecule has 0 saturated carbocycles. The molecule has 1 aromatic heterocycles. The molecule has 0 aliphatic carbocycles. The zero-order valence-corrected chi connectivity index (χ0v) is 10.1. The molecule has 14 heavy (non-hydrogen) atoms. The minimum absolute atomic E-state index is 0.351. The molecule has 0 radical (unpaired) electrons. The Morgan fingerprint density at radius 1 is 1.64 bits per heavy atom. The van der Waals surface area contributed by atoms with Crippen LogP contribution in [-0.2, 0) is 4.74 Å². The molecule has 0 N–H and O–H groups in total. The lowest BCUT2D eigenvalue weighted by molar-refractivity contribution is 0.0605. The minimum atomic E-state index is -0.351. The molecular weight excluding hydrogens is 264 g/mol. The molecule has 74 valence electrons. The first-order valence-corrected chi connectivity index (χ1v) is 5.41. The van der Waals surface area contributed by atoms with Crippen molar-refractivity contribution in [2.45, 2.75) is 0 Å². The third-order valence-electron chi connectivity index (χ3n) is 1.61. The predicted octanol–water partition coefficient (Wildman–Crippen LogP) is 1.67. The molecule has 0 saturated heterocycles. The van der Waals surface area contributed by atoms with Crippen LogP contribution in [0.2, 0.25) is 0 Å². The normalized spacial score (nSPS) is 11.4. The lowest BCUT2D eigenvalue weighted by Crippen LogP contribution is -2.16. The average Bonchev–Trinajstić information content (AvgIpc) is 2.46. The summed E-state index contributed by atoms with van der Waals surface area (Å²) < 4.78 is 6.24. The first kappa shape index (κ1) is 11.2. The summed E-state index contributed by atoms with van der Waals surface area (Å²) in [6.07, 6.45) is 3.47. The lowest BCUT2D eigenvalue weighted by atomic mass is 10.4. The number of methoxy groups -OCH3 is 1. The van der Waals surface area contributed by atoms with E-state index in [4.69, 9.17) is 0 Å². The number of halogens is 1. The summed E-state index contributed by atoms with van der Waals surface area (Å²) in [6.45, 7) is 7.45. The summed E-state index contributed by atoms with van der Waals surface area (Å²) in [5.41, 5.74) is 0. The van der Waals surface area contributed by atoms with E-state index >= 15 is 0 Å². The van der Waals surface area contributed by atoms with Gasteiger partial charge in [-0.25, -0.2) is 4.79 Å². The van der Waals surface area contributed by atoms with Crippen LogP contribution in [-0.4, -0.2) is 13.1 Å². The summed E-state index contributed by atoms with van der Waals surface area (Å²) in [5.74, 6) is -0.351. The van der Waals surface area contributed by atoms with E-state index in [1.54, 1.807) is 6.08 Å². The van der Waals surface area contributed by atoms with Gasteiger partial charge in [-0.15, -0.1) is 11.3 Å². The van der Waals surface area contributed by atoms with Crippen LogP contribution in [0.4, 0.5) is 0 Å². The lowest BCUT2D eigenvalue weighted by Gasteiger charge is -1.93. The van der Waals surface area contributed by atoms with Crippen molar-refractivity contribution in [2.75, 3.05) is 7.11 Å². The molecule has 4 heteroatoms. The summed E-state index contributed by atoms with van der Waals surface area (Å²) >= 11 is 4.64. The third-order valence-corrected chi connectivity index (χ3v) is 3.93. The number of hydrogen-bond acceptors (Lipinski definition) is 3. The van der Waals surface area contributed by atoms with Gasteiger partial charge in [0.2, 0.25) is 0 Å². The summed E-state index contributed by atoms with van der Waals surface area (Å²) in [6, 6.07) is 0. The van der Waals surface area contributed by atoms with E-state index in [9.17, 15) is 4.79 Å². The topological polar surface area (TPSA) is 26.3 Å². The Hall–Kier alpha value is -0.870. The number of esters is 1. The van der Waals surface area contributed by atoms with Gasteiger partial charge in [-0.1, -0.05) is 19.2 Å². The van der Waals surface area contributed by atoms with Gasteiger partial charge in [-0.05, 0) is 22.0 Å². The molecule has 1 heterocycles. The smallest absolute Gasteiger partial charge is 0.349 e. The van der Waals surface area contributed by atoms with Crippen LogP contribution in [0, 0.1) is 0 Å². The van der Waals surface area contributed by atoms with Gasteiger partial charge in [0.1, 0.15) is 4.88 Å². The van der Waals surface area contributed by atoms with Crippen molar-refractivity contribution in [3.8, 4) is 0 Å². The van der Waals surface area contributed by atoms with Crippen molar-refractivity contribution in [1.29, 1.82) is 0 Å². The molecule has 0 aliphatic heterocycles. The first-order chi connectivity index (χ1) is 6.61. The number of thiophene rings is 1. The second kappa shape index (κ2) is 4.57. The number of ether oxygens (including phenoxy) is 1. The maximum absolute atomic E-state index is 11.3. The maximum atomic E-state index is 11.3. The second-order valence-electron chi connectivity index (χ2n) is 2.48. The van der Waals surface area contributed by atoms with Gasteiger partial charge >= 0.3 is 5.97 Å². The number of allylic oxidation sites excluding steroid dienone is 1. The van der Waals surface area contributed by atoms with Gasteiger partial charge < -0.3 is 4.74 Å². The SMILES string of the molecule is C=C/C=c1/sc(C(=O)OC)c(Br)c1=C. The predicted molar refractivity (Wildman–Crippen MR) is 62.8 cm³/mol. The van der Waals surface area contributed by atoms with Gasteiger partial charge in [0.05, 0.1) is 11.6 Å². The molecule has 2 nitrogen and oxygen atoms in total. The van der Waals surface area contributed by atoms with Crippen molar-refractivity contribution < 1.29 is 9.53 Å². The van der Waals surface area contributed by atoms with E-state index in [-0.39, 0.29) is 5.97 Å². The molecule has 0 unspecified atom stereocenters. The Morgan fingerprint density at radius 3 is 2.79 bits per heavy atom. The fourth-order valence-corrected chi connectivity index (χ4v) is 2.67. The van der Waals surface area contributed by atoms with Gasteiger partial charge in [0, 0.05) is 9.75 Å².